The molecule has 0 atom stereocenters. The van der Waals surface area contributed by atoms with Crippen molar-refractivity contribution in [2.45, 2.75) is 44.9 Å². The molecule has 6 nitrogen and oxygen atoms in total. The second-order valence-electron chi connectivity index (χ2n) is 7.50. The molecule has 1 aliphatic carbocycles. The molecular formula is C21H20ClN5O. The molecule has 0 spiro atoms. The lowest BCUT2D eigenvalue weighted by Crippen LogP contribution is -2.19. The number of nitrogens with zero attached hydrogens (tertiary/aromatic N) is 5. The van der Waals surface area contributed by atoms with E-state index in [0.717, 1.165) is 35.4 Å². The Labute approximate surface area is 166 Å². The zero-order valence-electron chi connectivity index (χ0n) is 15.6. The van der Waals surface area contributed by atoms with Crippen molar-refractivity contribution < 1.29 is 0 Å². The third-order valence-electron chi connectivity index (χ3n) is 5.65. The van der Waals surface area contributed by atoms with Crippen molar-refractivity contribution >= 4 is 28.3 Å². The first-order valence-corrected chi connectivity index (χ1v) is 10.0. The number of aromatic nitrogens is 5. The third kappa shape index (κ3) is 2.79. The van der Waals surface area contributed by atoms with Crippen molar-refractivity contribution in [3.05, 3.63) is 63.4 Å². The first-order chi connectivity index (χ1) is 13.6. The van der Waals surface area contributed by atoms with Crippen LogP contribution >= 0.6 is 11.6 Å². The van der Waals surface area contributed by atoms with Gasteiger partial charge in [-0.1, -0.05) is 36.9 Å². The van der Waals surface area contributed by atoms with Gasteiger partial charge in [0, 0.05) is 23.3 Å². The number of halogens is 1. The molecule has 3 aromatic heterocycles. The van der Waals surface area contributed by atoms with E-state index in [9.17, 15) is 4.79 Å². The topological polar surface area (TPSA) is 65.1 Å². The number of rotatable bonds is 2. The summed E-state index contributed by atoms with van der Waals surface area (Å²) in [4.78, 5) is 22.1. The van der Waals surface area contributed by atoms with Crippen LogP contribution in [0, 0.1) is 6.92 Å². The average molecular weight is 394 g/mol. The summed E-state index contributed by atoms with van der Waals surface area (Å²) < 4.78 is 3.28. The summed E-state index contributed by atoms with van der Waals surface area (Å²) in [6.07, 6.45) is 9.32. The van der Waals surface area contributed by atoms with Gasteiger partial charge >= 0.3 is 0 Å². The lowest BCUT2D eigenvalue weighted by molar-refractivity contribution is 0.429. The van der Waals surface area contributed by atoms with E-state index < -0.39 is 0 Å². The van der Waals surface area contributed by atoms with E-state index in [-0.39, 0.29) is 5.56 Å². The smallest absolute Gasteiger partial charge is 0.266 e. The SMILES string of the molecule is Cc1ccc(-n2ccc3c(cnc4nc(C5CCCCC5)nn43)c2=O)cc1Cl. The van der Waals surface area contributed by atoms with Gasteiger partial charge in [0.25, 0.3) is 11.3 Å². The standard InChI is InChI=1S/C21H20ClN5O/c1-13-7-8-15(11-17(13)22)26-10-9-18-16(20(26)28)12-23-21-24-19(25-27(18)21)14-5-3-2-4-6-14/h7-12,14H,2-6H2,1H3. The molecule has 0 saturated heterocycles. The number of hydrogen-bond donors (Lipinski definition) is 0. The average Bonchev–Trinajstić information content (AvgIpc) is 3.16. The minimum atomic E-state index is -0.151. The van der Waals surface area contributed by atoms with Crippen LogP contribution in [0.1, 0.15) is 49.4 Å². The molecule has 0 radical (unpaired) electrons. The maximum absolute atomic E-state index is 13.1. The fraction of sp³-hybridized carbons (Fsp3) is 0.333. The predicted octanol–water partition coefficient (Wildman–Crippen LogP) is 4.44. The van der Waals surface area contributed by atoms with Crippen LogP contribution in [0.4, 0.5) is 0 Å². The van der Waals surface area contributed by atoms with Crippen LogP contribution in [0.3, 0.4) is 0 Å². The molecule has 0 aliphatic heterocycles. The highest BCUT2D eigenvalue weighted by molar-refractivity contribution is 6.31. The maximum Gasteiger partial charge on any atom is 0.266 e. The lowest BCUT2D eigenvalue weighted by atomic mass is 9.89. The Morgan fingerprint density at radius 2 is 1.96 bits per heavy atom. The minimum Gasteiger partial charge on any atom is -0.284 e. The van der Waals surface area contributed by atoms with Gasteiger partial charge in [0.1, 0.15) is 0 Å². The maximum atomic E-state index is 13.1. The Kier molecular flexibility index (Phi) is 4.16. The first kappa shape index (κ1) is 17.4. The van der Waals surface area contributed by atoms with Crippen LogP contribution in [0.2, 0.25) is 5.02 Å². The van der Waals surface area contributed by atoms with Gasteiger partial charge in [-0.3, -0.25) is 9.36 Å². The summed E-state index contributed by atoms with van der Waals surface area (Å²) in [5.74, 6) is 1.78. The van der Waals surface area contributed by atoms with E-state index in [1.165, 1.54) is 19.3 Å². The molecule has 0 amide bonds. The summed E-state index contributed by atoms with van der Waals surface area (Å²) in [5.41, 5.74) is 2.27. The molecule has 0 unspecified atom stereocenters. The Bertz CT molecular complexity index is 1250. The van der Waals surface area contributed by atoms with Crippen LogP contribution in [-0.4, -0.2) is 24.1 Å². The van der Waals surface area contributed by atoms with Gasteiger partial charge in [-0.25, -0.2) is 4.98 Å². The van der Waals surface area contributed by atoms with Crippen LogP contribution in [-0.2, 0) is 0 Å². The summed E-state index contributed by atoms with van der Waals surface area (Å²) in [6, 6.07) is 7.48. The van der Waals surface area contributed by atoms with E-state index >= 15 is 0 Å². The number of pyridine rings is 1. The molecule has 0 bridgehead atoms. The molecule has 4 aromatic rings. The molecule has 7 heteroatoms. The summed E-state index contributed by atoms with van der Waals surface area (Å²) in [5, 5.41) is 5.84. The van der Waals surface area contributed by atoms with Gasteiger partial charge in [-0.05, 0) is 43.5 Å². The second-order valence-corrected chi connectivity index (χ2v) is 7.91. The van der Waals surface area contributed by atoms with E-state index in [0.29, 0.717) is 22.1 Å². The van der Waals surface area contributed by atoms with Crippen molar-refractivity contribution in [1.29, 1.82) is 0 Å². The molecule has 28 heavy (non-hydrogen) atoms. The molecular weight excluding hydrogens is 374 g/mol. The predicted molar refractivity (Wildman–Crippen MR) is 109 cm³/mol. The molecule has 1 saturated carbocycles. The number of benzene rings is 1. The quantitative estimate of drug-likeness (QED) is 0.505. The second kappa shape index (κ2) is 6.71. The molecule has 1 aromatic carbocycles. The van der Waals surface area contributed by atoms with Gasteiger partial charge in [0.15, 0.2) is 5.82 Å². The molecule has 1 fully saturated rings. The largest absolute Gasteiger partial charge is 0.284 e. The monoisotopic (exact) mass is 393 g/mol. The first-order valence-electron chi connectivity index (χ1n) is 9.65. The van der Waals surface area contributed by atoms with Crippen molar-refractivity contribution in [2.24, 2.45) is 0 Å². The number of aryl methyl sites for hydroxylation is 1. The van der Waals surface area contributed by atoms with Gasteiger partial charge in [0.2, 0.25) is 0 Å². The zero-order valence-corrected chi connectivity index (χ0v) is 16.4. The van der Waals surface area contributed by atoms with E-state index in [2.05, 4.69) is 9.97 Å². The van der Waals surface area contributed by atoms with Crippen molar-refractivity contribution in [3.63, 3.8) is 0 Å². The Morgan fingerprint density at radius 3 is 2.75 bits per heavy atom. The van der Waals surface area contributed by atoms with Crippen molar-refractivity contribution in [1.82, 2.24) is 24.1 Å². The Balaban J connectivity index is 1.65. The van der Waals surface area contributed by atoms with Crippen molar-refractivity contribution in [2.75, 3.05) is 0 Å². The number of fused-ring (bicyclic) bond motifs is 3. The number of hydrogen-bond acceptors (Lipinski definition) is 4. The Morgan fingerprint density at radius 1 is 1.14 bits per heavy atom. The molecule has 5 rings (SSSR count). The Hall–Kier alpha value is -2.73. The van der Waals surface area contributed by atoms with Gasteiger partial charge in [-0.2, -0.15) is 9.50 Å². The van der Waals surface area contributed by atoms with Gasteiger partial charge in [-0.15, -0.1) is 5.10 Å². The zero-order chi connectivity index (χ0) is 19.3. The van der Waals surface area contributed by atoms with Crippen LogP contribution < -0.4 is 5.56 Å². The minimum absolute atomic E-state index is 0.151. The normalized spacial score (nSPS) is 15.5. The van der Waals surface area contributed by atoms with Crippen molar-refractivity contribution in [3.8, 4) is 5.69 Å². The third-order valence-corrected chi connectivity index (χ3v) is 6.06. The summed E-state index contributed by atoms with van der Waals surface area (Å²) >= 11 is 6.24. The van der Waals surface area contributed by atoms with E-state index in [4.69, 9.17) is 16.7 Å². The highest BCUT2D eigenvalue weighted by Gasteiger charge is 2.21. The molecule has 0 N–H and O–H groups in total. The van der Waals surface area contributed by atoms with Gasteiger partial charge in [0.05, 0.1) is 16.6 Å². The van der Waals surface area contributed by atoms with Crippen LogP contribution in [0.5, 0.6) is 0 Å². The van der Waals surface area contributed by atoms with Crippen LogP contribution in [0.15, 0.2) is 41.5 Å². The summed E-state index contributed by atoms with van der Waals surface area (Å²) in [6.45, 7) is 1.94. The summed E-state index contributed by atoms with van der Waals surface area (Å²) in [7, 11) is 0. The van der Waals surface area contributed by atoms with E-state index in [1.54, 1.807) is 27.5 Å². The van der Waals surface area contributed by atoms with Gasteiger partial charge < -0.3 is 0 Å². The molecule has 1 aliphatic rings. The fourth-order valence-corrected chi connectivity index (χ4v) is 4.18. The lowest BCUT2D eigenvalue weighted by Gasteiger charge is -2.17. The van der Waals surface area contributed by atoms with Crippen LogP contribution in [0.25, 0.3) is 22.4 Å². The highest BCUT2D eigenvalue weighted by atomic mass is 35.5. The highest BCUT2D eigenvalue weighted by Crippen LogP contribution is 2.31. The fourth-order valence-electron chi connectivity index (χ4n) is 4.00. The molecule has 3 heterocycles. The molecule has 142 valence electrons. The van der Waals surface area contributed by atoms with E-state index in [1.807, 2.05) is 25.1 Å².